The average Bonchev–Trinajstić information content (AvgIpc) is 2.36. The fourth-order valence-electron chi connectivity index (χ4n) is 2.34. The van der Waals surface area contributed by atoms with E-state index in [-0.39, 0.29) is 0 Å². The zero-order chi connectivity index (χ0) is 14.5. The zero-order valence-corrected chi connectivity index (χ0v) is 11.9. The van der Waals surface area contributed by atoms with Gasteiger partial charge in [0.05, 0.1) is 12.1 Å². The third kappa shape index (κ3) is 3.83. The van der Waals surface area contributed by atoms with Crippen LogP contribution in [0.4, 0.5) is 4.79 Å². The van der Waals surface area contributed by atoms with Crippen molar-refractivity contribution in [2.75, 3.05) is 13.2 Å². The molecule has 6 heteroatoms. The number of carboxylic acids is 1. The third-order valence-electron chi connectivity index (χ3n) is 3.82. The predicted molar refractivity (Wildman–Crippen MR) is 71.1 cm³/mol. The molecule has 1 fully saturated rings. The number of hydrogen-bond donors (Lipinski definition) is 3. The molecule has 0 saturated carbocycles. The molecule has 0 radical (unpaired) electrons. The Balaban J connectivity index is 2.65. The second kappa shape index (κ2) is 6.23. The number of carbonyl (C=O) groups is 2. The van der Waals surface area contributed by atoms with Crippen LogP contribution in [0, 0.1) is 0 Å². The van der Waals surface area contributed by atoms with Gasteiger partial charge in [-0.05, 0) is 32.6 Å². The molecule has 0 aromatic carbocycles. The minimum absolute atomic E-state index is 0.347. The minimum atomic E-state index is -1.20. The van der Waals surface area contributed by atoms with E-state index in [1.807, 2.05) is 6.92 Å². The fourth-order valence-corrected chi connectivity index (χ4v) is 2.34. The van der Waals surface area contributed by atoms with Crippen LogP contribution in [0.3, 0.4) is 0 Å². The molecule has 0 aromatic rings. The Morgan fingerprint density at radius 3 is 2.42 bits per heavy atom. The summed E-state index contributed by atoms with van der Waals surface area (Å²) < 4.78 is 5.36. The lowest BCUT2D eigenvalue weighted by molar-refractivity contribution is -0.144. The molecule has 0 aromatic heterocycles. The molecule has 1 aliphatic rings. The molecule has 1 unspecified atom stereocenters. The summed E-state index contributed by atoms with van der Waals surface area (Å²) in [6, 6.07) is -0.445. The van der Waals surface area contributed by atoms with E-state index in [4.69, 9.17) is 4.74 Å². The molecule has 1 rings (SSSR count). The summed E-state index contributed by atoms with van der Waals surface area (Å²) in [7, 11) is 0. The lowest BCUT2D eigenvalue weighted by Crippen LogP contribution is -2.61. The van der Waals surface area contributed by atoms with E-state index in [9.17, 15) is 14.7 Å². The number of ether oxygens (including phenoxy) is 1. The molecule has 3 N–H and O–H groups in total. The second-order valence-electron chi connectivity index (χ2n) is 5.39. The van der Waals surface area contributed by atoms with Gasteiger partial charge in [0.25, 0.3) is 0 Å². The summed E-state index contributed by atoms with van der Waals surface area (Å²) in [5.41, 5.74) is -1.62. The Labute approximate surface area is 113 Å². The number of carboxylic acid groups (broad SMARTS) is 1. The first-order chi connectivity index (χ1) is 8.87. The van der Waals surface area contributed by atoms with Crippen LogP contribution < -0.4 is 10.6 Å². The van der Waals surface area contributed by atoms with Gasteiger partial charge in [0, 0.05) is 6.61 Å². The molecule has 1 heterocycles. The summed E-state index contributed by atoms with van der Waals surface area (Å²) in [6.07, 6.45) is 2.42. The highest BCUT2D eigenvalue weighted by Gasteiger charge is 2.38. The summed E-state index contributed by atoms with van der Waals surface area (Å²) in [4.78, 5) is 23.3. The van der Waals surface area contributed by atoms with Crippen LogP contribution in [-0.2, 0) is 9.53 Å². The van der Waals surface area contributed by atoms with Crippen molar-refractivity contribution in [3.05, 3.63) is 0 Å². The van der Waals surface area contributed by atoms with E-state index in [1.54, 1.807) is 13.8 Å². The summed E-state index contributed by atoms with van der Waals surface area (Å²) in [6.45, 7) is 6.58. The highest BCUT2D eigenvalue weighted by Crippen LogP contribution is 2.19. The van der Waals surface area contributed by atoms with Crippen LogP contribution >= 0.6 is 0 Å². The van der Waals surface area contributed by atoms with Crippen LogP contribution in [0.5, 0.6) is 0 Å². The molecule has 0 bridgehead atoms. The number of nitrogens with one attached hydrogen (secondary N) is 2. The highest BCUT2D eigenvalue weighted by molar-refractivity contribution is 5.86. The van der Waals surface area contributed by atoms with Crippen LogP contribution in [-0.4, -0.2) is 41.4 Å². The first-order valence-corrected chi connectivity index (χ1v) is 6.79. The standard InChI is InChI=1S/C13H24N2O4/c1-4-13(5-2,10(16)17)15-11(18)14-12(3)7-6-8-19-9-12/h4-9H2,1-3H3,(H,16,17)(H2,14,15,18). The van der Waals surface area contributed by atoms with Crippen molar-refractivity contribution >= 4 is 12.0 Å². The third-order valence-corrected chi connectivity index (χ3v) is 3.82. The molecule has 2 amide bonds. The number of urea groups is 1. The Kier molecular flexibility index (Phi) is 5.17. The van der Waals surface area contributed by atoms with Gasteiger partial charge >= 0.3 is 12.0 Å². The van der Waals surface area contributed by atoms with E-state index < -0.39 is 23.1 Å². The van der Waals surface area contributed by atoms with Gasteiger partial charge in [-0.25, -0.2) is 9.59 Å². The number of aliphatic carboxylic acids is 1. The van der Waals surface area contributed by atoms with Gasteiger partial charge < -0.3 is 20.5 Å². The molecule has 1 saturated heterocycles. The van der Waals surface area contributed by atoms with E-state index >= 15 is 0 Å². The molecule has 110 valence electrons. The van der Waals surface area contributed by atoms with Gasteiger partial charge in [0.2, 0.25) is 0 Å². The number of rotatable bonds is 5. The normalized spacial score (nSPS) is 23.7. The maximum atomic E-state index is 12.0. The van der Waals surface area contributed by atoms with Crippen LogP contribution in [0.2, 0.25) is 0 Å². The first-order valence-electron chi connectivity index (χ1n) is 6.79. The van der Waals surface area contributed by atoms with Crippen molar-refractivity contribution in [2.45, 2.75) is 57.5 Å². The van der Waals surface area contributed by atoms with Gasteiger partial charge in [-0.1, -0.05) is 13.8 Å². The summed E-state index contributed by atoms with van der Waals surface area (Å²) in [5, 5.41) is 14.7. The topological polar surface area (TPSA) is 87.7 Å². The van der Waals surface area contributed by atoms with Crippen molar-refractivity contribution in [2.24, 2.45) is 0 Å². The van der Waals surface area contributed by atoms with E-state index in [1.165, 1.54) is 0 Å². The summed E-state index contributed by atoms with van der Waals surface area (Å²) in [5.74, 6) is -1.00. The number of hydrogen-bond acceptors (Lipinski definition) is 3. The molecule has 1 atom stereocenters. The minimum Gasteiger partial charge on any atom is -0.480 e. The van der Waals surface area contributed by atoms with Crippen LogP contribution in [0.15, 0.2) is 0 Å². The fraction of sp³-hybridized carbons (Fsp3) is 0.846. The lowest BCUT2D eigenvalue weighted by Gasteiger charge is -2.36. The number of carbonyl (C=O) groups excluding carboxylic acids is 1. The molecular weight excluding hydrogens is 248 g/mol. The molecule has 1 aliphatic heterocycles. The summed E-state index contributed by atoms with van der Waals surface area (Å²) >= 11 is 0. The first kappa shape index (κ1) is 15.8. The SMILES string of the molecule is CCC(CC)(NC(=O)NC1(C)CCCOC1)C(=O)O. The van der Waals surface area contributed by atoms with Gasteiger partial charge in [0.15, 0.2) is 0 Å². The predicted octanol–water partition coefficient (Wildman–Crippen LogP) is 1.50. The Morgan fingerprint density at radius 2 is 2.00 bits per heavy atom. The van der Waals surface area contributed by atoms with Crippen molar-refractivity contribution in [3.8, 4) is 0 Å². The Hall–Kier alpha value is -1.30. The lowest BCUT2D eigenvalue weighted by atomic mass is 9.92. The largest absolute Gasteiger partial charge is 0.480 e. The Bertz CT molecular complexity index is 334. The van der Waals surface area contributed by atoms with Gasteiger partial charge in [-0.3, -0.25) is 0 Å². The highest BCUT2D eigenvalue weighted by atomic mass is 16.5. The van der Waals surface area contributed by atoms with Gasteiger partial charge in [0.1, 0.15) is 5.54 Å². The number of amides is 2. The van der Waals surface area contributed by atoms with E-state index in [0.717, 1.165) is 12.8 Å². The molecular formula is C13H24N2O4. The molecule has 0 aliphatic carbocycles. The monoisotopic (exact) mass is 272 g/mol. The van der Waals surface area contributed by atoms with E-state index in [2.05, 4.69) is 10.6 Å². The van der Waals surface area contributed by atoms with Crippen molar-refractivity contribution in [1.82, 2.24) is 10.6 Å². The van der Waals surface area contributed by atoms with Crippen LogP contribution in [0.25, 0.3) is 0 Å². The van der Waals surface area contributed by atoms with Gasteiger partial charge in [-0.15, -0.1) is 0 Å². The van der Waals surface area contributed by atoms with Gasteiger partial charge in [-0.2, -0.15) is 0 Å². The second-order valence-corrected chi connectivity index (χ2v) is 5.39. The maximum Gasteiger partial charge on any atom is 0.329 e. The zero-order valence-electron chi connectivity index (χ0n) is 11.9. The van der Waals surface area contributed by atoms with E-state index in [0.29, 0.717) is 26.1 Å². The van der Waals surface area contributed by atoms with Crippen molar-refractivity contribution in [1.29, 1.82) is 0 Å². The molecule has 6 nitrogen and oxygen atoms in total. The van der Waals surface area contributed by atoms with Crippen molar-refractivity contribution in [3.63, 3.8) is 0 Å². The molecule has 19 heavy (non-hydrogen) atoms. The molecule has 0 spiro atoms. The maximum absolute atomic E-state index is 12.0. The van der Waals surface area contributed by atoms with Crippen molar-refractivity contribution < 1.29 is 19.4 Å². The smallest absolute Gasteiger partial charge is 0.329 e. The Morgan fingerprint density at radius 1 is 1.37 bits per heavy atom. The average molecular weight is 272 g/mol. The quantitative estimate of drug-likeness (QED) is 0.707. The van der Waals surface area contributed by atoms with Crippen LogP contribution in [0.1, 0.15) is 46.5 Å².